The number of carboxylic acids is 2. The van der Waals surface area contributed by atoms with E-state index in [9.17, 15) is 9.59 Å². The van der Waals surface area contributed by atoms with Crippen molar-refractivity contribution in [3.05, 3.63) is 35.4 Å². The molecule has 0 radical (unpaired) electrons. The maximum Gasteiger partial charge on any atom is 0.336 e. The van der Waals surface area contributed by atoms with Crippen molar-refractivity contribution in [2.45, 2.75) is 25.7 Å². The fourth-order valence-corrected chi connectivity index (χ4v) is 2.49. The van der Waals surface area contributed by atoms with Crippen molar-refractivity contribution in [1.82, 2.24) is 19.6 Å². The fourth-order valence-electron chi connectivity index (χ4n) is 2.49. The van der Waals surface area contributed by atoms with Gasteiger partial charge in [0.05, 0.1) is 11.1 Å². The first-order valence-corrected chi connectivity index (χ1v) is 13.7. The molecule has 12 nitrogen and oxygen atoms in total. The Labute approximate surface area is 268 Å². The van der Waals surface area contributed by atoms with Crippen LogP contribution in [0.2, 0.25) is 0 Å². The van der Waals surface area contributed by atoms with E-state index < -0.39 is 11.9 Å². The second-order valence-electron chi connectivity index (χ2n) is 9.94. The Morgan fingerprint density at radius 2 is 0.714 bits per heavy atom. The zero-order valence-electron chi connectivity index (χ0n) is 27.4. The third-order valence-electron chi connectivity index (χ3n) is 4.63. The standard InChI is InChI=1S/C8H6O4.4C5H14N2.2ClH/c9-7(10)5-3-1-2-4-6(5)8(11)12;4*1-7(2)5-3-4-6;;/h1-4H,(H,9,10)(H,11,12);4*3-6H2,1-2H3;2*1H. The van der Waals surface area contributed by atoms with E-state index in [1.54, 1.807) is 0 Å². The third-order valence-corrected chi connectivity index (χ3v) is 4.63. The Bertz CT molecular complexity index is 621. The van der Waals surface area contributed by atoms with Crippen molar-refractivity contribution in [2.24, 2.45) is 22.9 Å². The molecule has 0 spiro atoms. The van der Waals surface area contributed by atoms with Gasteiger partial charge in [-0.1, -0.05) is 12.1 Å². The molecule has 0 atom stereocenters. The molecule has 0 aliphatic carbocycles. The normalized spacial score (nSPS) is 9.52. The van der Waals surface area contributed by atoms with Crippen LogP contribution in [0.25, 0.3) is 0 Å². The predicted molar refractivity (Wildman–Crippen MR) is 184 cm³/mol. The van der Waals surface area contributed by atoms with E-state index in [-0.39, 0.29) is 35.9 Å². The summed E-state index contributed by atoms with van der Waals surface area (Å²) in [5.74, 6) is -2.46. The third kappa shape index (κ3) is 48.2. The second-order valence-corrected chi connectivity index (χ2v) is 9.94. The lowest BCUT2D eigenvalue weighted by Gasteiger charge is -2.05. The monoisotopic (exact) mass is 646 g/mol. The number of nitrogens with two attached hydrogens (primary N) is 4. The largest absolute Gasteiger partial charge is 0.478 e. The van der Waals surface area contributed by atoms with Gasteiger partial charge in [-0.3, -0.25) is 0 Å². The quantitative estimate of drug-likeness (QED) is 0.171. The van der Waals surface area contributed by atoms with Crippen LogP contribution in [0.5, 0.6) is 0 Å². The summed E-state index contributed by atoms with van der Waals surface area (Å²) in [7, 11) is 16.4. The summed E-state index contributed by atoms with van der Waals surface area (Å²) in [6.45, 7) is 7.65. The van der Waals surface area contributed by atoms with Crippen LogP contribution in [-0.4, -0.2) is 150 Å². The molecular weight excluding hydrogens is 583 g/mol. The van der Waals surface area contributed by atoms with Crippen molar-refractivity contribution < 1.29 is 19.8 Å². The topological polar surface area (TPSA) is 192 Å². The number of aromatic carboxylic acids is 2. The van der Waals surface area contributed by atoms with E-state index in [4.69, 9.17) is 33.1 Å². The van der Waals surface area contributed by atoms with Crippen molar-refractivity contribution in [3.8, 4) is 0 Å². The van der Waals surface area contributed by atoms with Crippen LogP contribution in [0.1, 0.15) is 46.4 Å². The van der Waals surface area contributed by atoms with Gasteiger partial charge < -0.3 is 52.7 Å². The van der Waals surface area contributed by atoms with Crippen LogP contribution in [0, 0.1) is 0 Å². The second kappa shape index (κ2) is 39.4. The molecule has 42 heavy (non-hydrogen) atoms. The zero-order valence-corrected chi connectivity index (χ0v) is 29.1. The highest BCUT2D eigenvalue weighted by atomic mass is 35.5. The molecule has 0 bridgehead atoms. The number of hydrogen-bond donors (Lipinski definition) is 6. The van der Waals surface area contributed by atoms with Gasteiger partial charge >= 0.3 is 11.9 Å². The van der Waals surface area contributed by atoms with Gasteiger partial charge in [-0.25, -0.2) is 9.59 Å². The Balaban J connectivity index is -0.0000000977. The summed E-state index contributed by atoms with van der Waals surface area (Å²) in [6, 6.07) is 5.48. The first-order chi connectivity index (χ1) is 18.7. The molecule has 1 aromatic carbocycles. The van der Waals surface area contributed by atoms with Crippen LogP contribution in [-0.2, 0) is 0 Å². The summed E-state index contributed by atoms with van der Waals surface area (Å²) >= 11 is 0. The first-order valence-electron chi connectivity index (χ1n) is 13.7. The van der Waals surface area contributed by atoms with E-state index in [2.05, 4.69) is 76.0 Å². The Morgan fingerprint density at radius 3 is 0.810 bits per heavy atom. The highest BCUT2D eigenvalue weighted by molar-refractivity contribution is 6.01. The van der Waals surface area contributed by atoms with Crippen molar-refractivity contribution in [2.75, 3.05) is 109 Å². The SMILES string of the molecule is CN(C)CCCN.CN(C)CCCN.CN(C)CCCN.CN(C)CCCN.Cl.Cl.O=C(O)c1ccccc1C(=O)O. The first kappa shape index (κ1) is 53.0. The zero-order chi connectivity index (χ0) is 31.9. The highest BCUT2D eigenvalue weighted by Gasteiger charge is 2.13. The molecular formula is C28H64Cl2N8O4. The summed E-state index contributed by atoms with van der Waals surface area (Å²) in [6.07, 6.45) is 4.42. The number of nitrogens with zero attached hydrogens (tertiary/aromatic N) is 4. The smallest absolute Gasteiger partial charge is 0.336 e. The molecule has 0 heterocycles. The lowest BCUT2D eigenvalue weighted by molar-refractivity contribution is 0.0651. The van der Waals surface area contributed by atoms with Crippen LogP contribution < -0.4 is 22.9 Å². The lowest BCUT2D eigenvalue weighted by atomic mass is 10.1. The molecule has 10 N–H and O–H groups in total. The van der Waals surface area contributed by atoms with Crippen LogP contribution in [0.3, 0.4) is 0 Å². The molecule has 0 amide bonds. The molecule has 0 aliphatic rings. The van der Waals surface area contributed by atoms with Gasteiger partial charge in [-0.15, -0.1) is 24.8 Å². The fraction of sp³-hybridized carbons (Fsp3) is 0.714. The van der Waals surface area contributed by atoms with Crippen molar-refractivity contribution in [3.63, 3.8) is 0 Å². The number of benzene rings is 1. The van der Waals surface area contributed by atoms with Gasteiger partial charge in [0.25, 0.3) is 0 Å². The minimum absolute atomic E-state index is 0. The van der Waals surface area contributed by atoms with Crippen LogP contribution >= 0.6 is 24.8 Å². The number of hydrogen-bond acceptors (Lipinski definition) is 10. The van der Waals surface area contributed by atoms with Crippen molar-refractivity contribution >= 4 is 36.8 Å². The van der Waals surface area contributed by atoms with Gasteiger partial charge in [-0.05, 0) is 147 Å². The summed E-state index contributed by atoms with van der Waals surface area (Å²) < 4.78 is 0. The average Bonchev–Trinajstić information content (AvgIpc) is 2.89. The molecule has 0 aromatic heterocycles. The maximum absolute atomic E-state index is 10.5. The van der Waals surface area contributed by atoms with E-state index in [1.165, 1.54) is 24.3 Å². The molecule has 254 valence electrons. The van der Waals surface area contributed by atoms with Gasteiger partial charge in [0.1, 0.15) is 0 Å². The van der Waals surface area contributed by atoms with Gasteiger partial charge in [0.2, 0.25) is 0 Å². The summed E-state index contributed by atoms with van der Waals surface area (Å²) in [5, 5.41) is 17.1. The Morgan fingerprint density at radius 1 is 0.524 bits per heavy atom. The molecule has 0 fully saturated rings. The number of rotatable bonds is 14. The molecule has 0 unspecified atom stereocenters. The molecule has 0 saturated carbocycles. The minimum Gasteiger partial charge on any atom is -0.478 e. The maximum atomic E-state index is 10.5. The molecule has 1 rings (SSSR count). The van der Waals surface area contributed by atoms with Gasteiger partial charge in [0.15, 0.2) is 0 Å². The van der Waals surface area contributed by atoms with Gasteiger partial charge in [0, 0.05) is 0 Å². The Hall–Kier alpha value is -1.58. The van der Waals surface area contributed by atoms with Crippen molar-refractivity contribution in [1.29, 1.82) is 0 Å². The molecule has 0 aliphatic heterocycles. The van der Waals surface area contributed by atoms with E-state index in [1.807, 2.05) is 0 Å². The van der Waals surface area contributed by atoms with E-state index >= 15 is 0 Å². The van der Waals surface area contributed by atoms with Crippen LogP contribution in [0.4, 0.5) is 0 Å². The van der Waals surface area contributed by atoms with Gasteiger partial charge in [-0.2, -0.15) is 0 Å². The number of halogens is 2. The Kier molecular flexibility index (Phi) is 49.8. The van der Waals surface area contributed by atoms with Crippen LogP contribution in [0.15, 0.2) is 24.3 Å². The van der Waals surface area contributed by atoms with E-state index in [0.717, 1.165) is 78.0 Å². The lowest BCUT2D eigenvalue weighted by Crippen LogP contribution is -2.16. The average molecular weight is 648 g/mol. The minimum atomic E-state index is -1.23. The molecule has 0 saturated heterocycles. The van der Waals surface area contributed by atoms with E-state index in [0.29, 0.717) is 0 Å². The predicted octanol–water partition coefficient (Wildman–Crippen LogP) is 1.51. The molecule has 1 aromatic rings. The summed E-state index contributed by atoms with van der Waals surface area (Å²) in [5.41, 5.74) is 20.6. The molecule has 14 heteroatoms. The summed E-state index contributed by atoms with van der Waals surface area (Å²) in [4.78, 5) is 29.5. The number of carbonyl (C=O) groups is 2. The number of carboxylic acid groups (broad SMARTS) is 2. The highest BCUT2D eigenvalue weighted by Crippen LogP contribution is 2.07.